The molecule has 0 saturated carbocycles. The van der Waals surface area contributed by atoms with Crippen LogP contribution in [0.15, 0.2) is 18.2 Å². The summed E-state index contributed by atoms with van der Waals surface area (Å²) in [6, 6.07) is 5.08. The van der Waals surface area contributed by atoms with Gasteiger partial charge in [0.25, 0.3) is 0 Å². The first-order chi connectivity index (χ1) is 8.91. The summed E-state index contributed by atoms with van der Waals surface area (Å²) >= 11 is 0. The molecule has 0 bridgehead atoms. The Kier molecular flexibility index (Phi) is 3.71. The van der Waals surface area contributed by atoms with Gasteiger partial charge in [0.05, 0.1) is 5.69 Å². The Bertz CT molecular complexity index is 600. The van der Waals surface area contributed by atoms with Crippen molar-refractivity contribution in [3.05, 3.63) is 46.5 Å². The molecular formula is C15H20FN3. The molecule has 0 saturated heterocycles. The molecule has 2 aromatic rings. The molecule has 0 radical (unpaired) electrons. The number of halogens is 1. The van der Waals surface area contributed by atoms with E-state index in [1.807, 2.05) is 33.8 Å². The maximum absolute atomic E-state index is 14.2. The lowest BCUT2D eigenvalue weighted by molar-refractivity contribution is 0.600. The second-order valence-electron chi connectivity index (χ2n) is 5.14. The number of aryl methyl sites for hydroxylation is 1. The topological polar surface area (TPSA) is 43.8 Å². The van der Waals surface area contributed by atoms with Crippen LogP contribution < -0.4 is 5.73 Å². The van der Waals surface area contributed by atoms with Gasteiger partial charge in [-0.15, -0.1) is 0 Å². The average molecular weight is 261 g/mol. The van der Waals surface area contributed by atoms with Crippen LogP contribution in [0.25, 0.3) is 5.69 Å². The first-order valence-electron chi connectivity index (χ1n) is 6.48. The van der Waals surface area contributed by atoms with Gasteiger partial charge in [0.1, 0.15) is 11.5 Å². The maximum Gasteiger partial charge on any atom is 0.149 e. The molecule has 3 nitrogen and oxygen atoms in total. The van der Waals surface area contributed by atoms with Crippen molar-refractivity contribution < 1.29 is 4.39 Å². The summed E-state index contributed by atoms with van der Waals surface area (Å²) in [7, 11) is 0. The average Bonchev–Trinajstić information content (AvgIpc) is 2.57. The first-order valence-corrected chi connectivity index (χ1v) is 6.48. The molecule has 19 heavy (non-hydrogen) atoms. The number of benzene rings is 1. The van der Waals surface area contributed by atoms with Crippen molar-refractivity contribution >= 4 is 0 Å². The molecule has 0 fully saturated rings. The van der Waals surface area contributed by atoms with E-state index in [1.165, 1.54) is 6.07 Å². The quantitative estimate of drug-likeness (QED) is 0.923. The van der Waals surface area contributed by atoms with Gasteiger partial charge in [0.15, 0.2) is 0 Å². The predicted octanol–water partition coefficient (Wildman–Crippen LogP) is 2.83. The van der Waals surface area contributed by atoms with Crippen molar-refractivity contribution in [1.82, 2.24) is 9.78 Å². The van der Waals surface area contributed by atoms with Gasteiger partial charge in [-0.25, -0.2) is 9.07 Å². The highest BCUT2D eigenvalue weighted by Crippen LogP contribution is 2.23. The first kappa shape index (κ1) is 13.7. The standard InChI is InChI=1S/C15H20FN3/c1-9(17)8-13-6-5-7-14(16)15(13)19-12(4)10(2)11(3)18-19/h5-7,9H,8,17H2,1-4H3. The van der Waals surface area contributed by atoms with E-state index < -0.39 is 0 Å². The van der Waals surface area contributed by atoms with Gasteiger partial charge in [-0.1, -0.05) is 12.1 Å². The van der Waals surface area contributed by atoms with Crippen molar-refractivity contribution in [3.63, 3.8) is 0 Å². The molecule has 0 amide bonds. The lowest BCUT2D eigenvalue weighted by Gasteiger charge is -2.14. The number of hydrogen-bond donors (Lipinski definition) is 1. The zero-order chi connectivity index (χ0) is 14.2. The molecule has 1 unspecified atom stereocenters. The molecule has 1 atom stereocenters. The predicted molar refractivity (Wildman–Crippen MR) is 75.1 cm³/mol. The molecule has 2 rings (SSSR count). The fourth-order valence-electron chi connectivity index (χ4n) is 2.25. The van der Waals surface area contributed by atoms with Gasteiger partial charge in [-0.05, 0) is 51.3 Å². The van der Waals surface area contributed by atoms with Crippen molar-refractivity contribution in [2.45, 2.75) is 40.2 Å². The van der Waals surface area contributed by atoms with Gasteiger partial charge < -0.3 is 5.73 Å². The zero-order valence-corrected chi connectivity index (χ0v) is 11.9. The largest absolute Gasteiger partial charge is 0.328 e. The molecule has 1 heterocycles. The van der Waals surface area contributed by atoms with E-state index in [1.54, 1.807) is 10.7 Å². The highest BCUT2D eigenvalue weighted by molar-refractivity contribution is 5.45. The number of para-hydroxylation sites is 1. The molecule has 0 aliphatic heterocycles. The zero-order valence-electron chi connectivity index (χ0n) is 11.9. The molecule has 0 aliphatic carbocycles. The lowest BCUT2D eigenvalue weighted by Crippen LogP contribution is -2.19. The van der Waals surface area contributed by atoms with Crippen LogP contribution in [0.5, 0.6) is 0 Å². The minimum atomic E-state index is -0.260. The molecule has 0 spiro atoms. The monoisotopic (exact) mass is 261 g/mol. The second-order valence-corrected chi connectivity index (χ2v) is 5.14. The van der Waals surface area contributed by atoms with E-state index in [4.69, 9.17) is 5.73 Å². The minimum Gasteiger partial charge on any atom is -0.328 e. The summed E-state index contributed by atoms with van der Waals surface area (Å²) in [5.74, 6) is -0.260. The van der Waals surface area contributed by atoms with Crippen LogP contribution >= 0.6 is 0 Å². The van der Waals surface area contributed by atoms with E-state index >= 15 is 0 Å². The van der Waals surface area contributed by atoms with Gasteiger partial charge in [0, 0.05) is 11.7 Å². The smallest absolute Gasteiger partial charge is 0.149 e. The van der Waals surface area contributed by atoms with Crippen molar-refractivity contribution in [3.8, 4) is 5.69 Å². The van der Waals surface area contributed by atoms with Crippen LogP contribution in [0.1, 0.15) is 29.4 Å². The number of nitrogens with zero attached hydrogens (tertiary/aromatic N) is 2. The fraction of sp³-hybridized carbons (Fsp3) is 0.400. The number of aromatic nitrogens is 2. The van der Waals surface area contributed by atoms with Crippen LogP contribution in [-0.4, -0.2) is 15.8 Å². The Labute approximate surface area is 113 Å². The minimum absolute atomic E-state index is 0.0152. The second kappa shape index (κ2) is 5.13. The van der Waals surface area contributed by atoms with Crippen molar-refractivity contribution in [1.29, 1.82) is 0 Å². The third-order valence-electron chi connectivity index (χ3n) is 3.48. The van der Waals surface area contributed by atoms with Gasteiger partial charge >= 0.3 is 0 Å². The SMILES string of the molecule is Cc1nn(-c2c(F)cccc2CC(C)N)c(C)c1C. The van der Waals surface area contributed by atoms with E-state index in [9.17, 15) is 4.39 Å². The molecule has 4 heteroatoms. The Morgan fingerprint density at radius 2 is 2.00 bits per heavy atom. The molecular weight excluding hydrogens is 241 g/mol. The fourth-order valence-corrected chi connectivity index (χ4v) is 2.25. The third kappa shape index (κ3) is 2.54. The van der Waals surface area contributed by atoms with Gasteiger partial charge in [-0.3, -0.25) is 0 Å². The van der Waals surface area contributed by atoms with Crippen molar-refractivity contribution in [2.75, 3.05) is 0 Å². The number of nitrogens with two attached hydrogens (primary N) is 1. The van der Waals surface area contributed by atoms with Crippen LogP contribution in [-0.2, 0) is 6.42 Å². The Balaban J connectivity index is 2.63. The highest BCUT2D eigenvalue weighted by Gasteiger charge is 2.16. The molecule has 0 aliphatic rings. The number of hydrogen-bond acceptors (Lipinski definition) is 2. The Morgan fingerprint density at radius 1 is 1.32 bits per heavy atom. The summed E-state index contributed by atoms with van der Waals surface area (Å²) < 4.78 is 15.9. The normalized spacial score (nSPS) is 12.7. The van der Waals surface area contributed by atoms with E-state index in [0.29, 0.717) is 12.1 Å². The van der Waals surface area contributed by atoms with Gasteiger partial charge in [0.2, 0.25) is 0 Å². The maximum atomic E-state index is 14.2. The van der Waals surface area contributed by atoms with Crippen LogP contribution in [0, 0.1) is 26.6 Å². The number of rotatable bonds is 3. The molecule has 1 aromatic carbocycles. The summed E-state index contributed by atoms with van der Waals surface area (Å²) in [4.78, 5) is 0. The van der Waals surface area contributed by atoms with Crippen LogP contribution in [0.2, 0.25) is 0 Å². The molecule has 102 valence electrons. The van der Waals surface area contributed by atoms with Crippen LogP contribution in [0.3, 0.4) is 0 Å². The van der Waals surface area contributed by atoms with Crippen LogP contribution in [0.4, 0.5) is 4.39 Å². The van der Waals surface area contributed by atoms with E-state index in [2.05, 4.69) is 5.10 Å². The van der Waals surface area contributed by atoms with Crippen molar-refractivity contribution in [2.24, 2.45) is 5.73 Å². The Hall–Kier alpha value is -1.68. The lowest BCUT2D eigenvalue weighted by atomic mass is 10.0. The summed E-state index contributed by atoms with van der Waals surface area (Å²) in [6.45, 7) is 7.81. The Morgan fingerprint density at radius 3 is 2.53 bits per heavy atom. The third-order valence-corrected chi connectivity index (χ3v) is 3.48. The van der Waals surface area contributed by atoms with E-state index in [0.717, 1.165) is 22.5 Å². The van der Waals surface area contributed by atoms with E-state index in [-0.39, 0.29) is 11.9 Å². The van der Waals surface area contributed by atoms with Gasteiger partial charge in [-0.2, -0.15) is 5.10 Å². The highest BCUT2D eigenvalue weighted by atomic mass is 19.1. The summed E-state index contributed by atoms with van der Waals surface area (Å²) in [5.41, 5.74) is 10.2. The molecule has 2 N–H and O–H groups in total. The summed E-state index contributed by atoms with van der Waals surface area (Å²) in [6.07, 6.45) is 0.629. The molecule has 1 aromatic heterocycles. The summed E-state index contributed by atoms with van der Waals surface area (Å²) in [5, 5.41) is 4.44.